The van der Waals surface area contributed by atoms with Crippen LogP contribution < -0.4 is 0 Å². The van der Waals surface area contributed by atoms with E-state index in [1.807, 2.05) is 16.4 Å². The Morgan fingerprint density at radius 3 is 2.64 bits per heavy atom. The van der Waals surface area contributed by atoms with Gasteiger partial charge in [-0.2, -0.15) is 0 Å². The zero-order valence-corrected chi connectivity index (χ0v) is 13.8. The highest BCUT2D eigenvalue weighted by Crippen LogP contribution is 2.21. The second-order valence-corrected chi connectivity index (χ2v) is 7.54. The lowest BCUT2D eigenvalue weighted by Gasteiger charge is -2.30. The molecule has 118 valence electrons. The Balaban J connectivity index is 1.63. The van der Waals surface area contributed by atoms with E-state index >= 15 is 0 Å². The second-order valence-electron chi connectivity index (χ2n) is 6.05. The molecule has 1 unspecified atom stereocenters. The maximum Gasteiger partial charge on any atom is 0.127 e. The molecular weight excluding hydrogens is 295 g/mol. The van der Waals surface area contributed by atoms with Crippen molar-refractivity contribution in [3.8, 4) is 0 Å². The Hall–Kier alpha value is -0.685. The highest BCUT2D eigenvalue weighted by atomic mass is 32.2. The zero-order chi connectivity index (χ0) is 15.4. The van der Waals surface area contributed by atoms with Crippen LogP contribution in [-0.4, -0.2) is 60.7 Å². The summed E-state index contributed by atoms with van der Waals surface area (Å²) in [7, 11) is 4.88. The first kappa shape index (κ1) is 16.2. The summed E-state index contributed by atoms with van der Waals surface area (Å²) in [5.74, 6) is 0.358. The summed E-state index contributed by atoms with van der Waals surface area (Å²) in [5.41, 5.74) is 1.23. The van der Waals surface area contributed by atoms with E-state index in [1.165, 1.54) is 5.56 Å². The first-order valence-electron chi connectivity index (χ1n) is 8.04. The summed E-state index contributed by atoms with van der Waals surface area (Å²) in [4.78, 5) is 3.33. The maximum absolute atomic E-state index is 12.6. The largest absolute Gasteiger partial charge is 0.379 e. The van der Waals surface area contributed by atoms with E-state index in [0.29, 0.717) is 19.0 Å². The van der Waals surface area contributed by atoms with Crippen LogP contribution in [-0.2, 0) is 22.3 Å². The second kappa shape index (κ2) is 7.73. The Morgan fingerprint density at radius 2 is 1.91 bits per heavy atom. The monoisotopic (exact) mass is 318 g/mol. The molecule has 22 heavy (non-hydrogen) atoms. The van der Waals surface area contributed by atoms with E-state index in [2.05, 4.69) is 17.0 Å². The van der Waals surface area contributed by atoms with Crippen LogP contribution in [0.1, 0.15) is 18.4 Å². The van der Waals surface area contributed by atoms with Gasteiger partial charge in [0.25, 0.3) is 0 Å². The van der Waals surface area contributed by atoms with Crippen LogP contribution in [0.5, 0.6) is 0 Å². The average molecular weight is 318 g/mol. The van der Waals surface area contributed by atoms with Crippen molar-refractivity contribution in [3.05, 3.63) is 29.8 Å². The van der Waals surface area contributed by atoms with Gasteiger partial charge in [0, 0.05) is 19.6 Å². The number of ether oxygens (including phenoxy) is 1. The molecule has 4 nitrogen and oxygen atoms in total. The van der Waals surface area contributed by atoms with Crippen molar-refractivity contribution in [1.82, 2.24) is 9.21 Å². The Labute approximate surface area is 136 Å². The van der Waals surface area contributed by atoms with E-state index in [-0.39, 0.29) is 0 Å². The molecule has 6 heteroatoms. The quantitative estimate of drug-likeness (QED) is 0.791. The molecule has 1 atom stereocenters. The lowest BCUT2D eigenvalue weighted by Crippen LogP contribution is -2.37. The first-order valence-corrected chi connectivity index (χ1v) is 9.14. The lowest BCUT2D eigenvalue weighted by atomic mass is 9.79. The van der Waals surface area contributed by atoms with Gasteiger partial charge in [0.1, 0.15) is 11.0 Å². The van der Waals surface area contributed by atoms with Gasteiger partial charge in [0.15, 0.2) is 0 Å². The third-order valence-corrected chi connectivity index (χ3v) is 5.83. The van der Waals surface area contributed by atoms with Crippen molar-refractivity contribution in [2.75, 3.05) is 39.4 Å². The molecule has 2 aliphatic heterocycles. The fraction of sp³-hybridized carbons (Fsp3) is 0.625. The molecule has 0 amide bonds. The van der Waals surface area contributed by atoms with Crippen molar-refractivity contribution in [3.63, 3.8) is 0 Å². The summed E-state index contributed by atoms with van der Waals surface area (Å²) in [6.45, 7) is 5.83. The van der Waals surface area contributed by atoms with Crippen LogP contribution in [0.15, 0.2) is 29.2 Å². The average Bonchev–Trinajstić information content (AvgIpc) is 2.57. The molecule has 0 N–H and O–H groups in total. The summed E-state index contributed by atoms with van der Waals surface area (Å²) < 4.78 is 20.0. The molecule has 2 radical (unpaired) electrons. The molecule has 0 spiro atoms. The van der Waals surface area contributed by atoms with Gasteiger partial charge in [-0.3, -0.25) is 4.90 Å². The van der Waals surface area contributed by atoms with E-state index in [0.717, 1.165) is 50.5 Å². The minimum Gasteiger partial charge on any atom is -0.379 e. The molecule has 0 aliphatic carbocycles. The van der Waals surface area contributed by atoms with Crippen LogP contribution in [0.4, 0.5) is 0 Å². The number of rotatable bonds is 4. The zero-order valence-electron chi connectivity index (χ0n) is 12.9. The minimum atomic E-state index is -1.08. The van der Waals surface area contributed by atoms with Crippen molar-refractivity contribution in [1.29, 1.82) is 0 Å². The topological polar surface area (TPSA) is 32.8 Å². The summed E-state index contributed by atoms with van der Waals surface area (Å²) in [5, 5.41) is 0. The van der Waals surface area contributed by atoms with Crippen LogP contribution in [0, 0.1) is 0 Å². The van der Waals surface area contributed by atoms with Gasteiger partial charge >= 0.3 is 0 Å². The van der Waals surface area contributed by atoms with Crippen molar-refractivity contribution < 1.29 is 8.95 Å². The Bertz CT molecular complexity index is 515. The van der Waals surface area contributed by atoms with Gasteiger partial charge < -0.3 is 4.74 Å². The Morgan fingerprint density at radius 1 is 1.18 bits per heavy atom. The van der Waals surface area contributed by atoms with Crippen LogP contribution in [0.3, 0.4) is 0 Å². The van der Waals surface area contributed by atoms with Gasteiger partial charge in [-0.05, 0) is 43.6 Å². The maximum atomic E-state index is 12.6. The third-order valence-electron chi connectivity index (χ3n) is 4.34. The van der Waals surface area contributed by atoms with E-state index in [4.69, 9.17) is 12.6 Å². The molecular formula is C16H23BN2O2S. The van der Waals surface area contributed by atoms with Gasteiger partial charge in [-0.25, -0.2) is 8.51 Å². The molecule has 0 bridgehead atoms. The predicted octanol–water partition coefficient (Wildman–Crippen LogP) is 1.59. The van der Waals surface area contributed by atoms with Crippen LogP contribution in [0.25, 0.3) is 0 Å². The van der Waals surface area contributed by atoms with Crippen LogP contribution in [0.2, 0.25) is 5.82 Å². The van der Waals surface area contributed by atoms with Crippen molar-refractivity contribution in [2.24, 2.45) is 0 Å². The van der Waals surface area contributed by atoms with Gasteiger partial charge in [-0.1, -0.05) is 17.9 Å². The molecule has 0 saturated carbocycles. The van der Waals surface area contributed by atoms with Gasteiger partial charge in [0.2, 0.25) is 0 Å². The standard InChI is InChI=1S/C16H23BN2O2S/c17-15-4-6-18(7-5-15)13-14-2-1-3-16(12-14)22(20)19-8-10-21-11-9-19/h1-3,12,15H,4-11,13H2. The van der Waals surface area contributed by atoms with Crippen molar-refractivity contribution >= 4 is 18.8 Å². The van der Waals surface area contributed by atoms with E-state index < -0.39 is 11.0 Å². The van der Waals surface area contributed by atoms with E-state index in [9.17, 15) is 4.21 Å². The molecule has 0 aromatic heterocycles. The fourth-order valence-electron chi connectivity index (χ4n) is 2.98. The molecule has 3 rings (SSSR count). The number of benzene rings is 1. The normalized spacial score (nSPS) is 23.5. The summed E-state index contributed by atoms with van der Waals surface area (Å²) in [6.07, 6.45) is 2.14. The SMILES string of the molecule is [B]C1CCN(Cc2cccc(S(=O)N3CCOCC3)c2)CC1. The van der Waals surface area contributed by atoms with Gasteiger partial charge in [-0.15, -0.1) is 0 Å². The molecule has 2 saturated heterocycles. The first-order chi connectivity index (χ1) is 10.7. The number of nitrogens with zero attached hydrogens (tertiary/aromatic N) is 2. The predicted molar refractivity (Wildman–Crippen MR) is 89.3 cm³/mol. The summed E-state index contributed by atoms with van der Waals surface area (Å²) in [6, 6.07) is 8.18. The minimum absolute atomic E-state index is 0.358. The summed E-state index contributed by atoms with van der Waals surface area (Å²) >= 11 is 0. The smallest absolute Gasteiger partial charge is 0.127 e. The molecule has 2 heterocycles. The van der Waals surface area contributed by atoms with Crippen LogP contribution >= 0.6 is 0 Å². The molecule has 1 aromatic carbocycles. The Kier molecular flexibility index (Phi) is 5.68. The van der Waals surface area contributed by atoms with Crippen molar-refractivity contribution in [2.45, 2.75) is 30.1 Å². The van der Waals surface area contributed by atoms with Gasteiger partial charge in [0.05, 0.1) is 26.0 Å². The number of morpholine rings is 1. The number of hydrogen-bond acceptors (Lipinski definition) is 3. The molecule has 2 aliphatic rings. The lowest BCUT2D eigenvalue weighted by molar-refractivity contribution is 0.0752. The molecule has 2 fully saturated rings. The highest BCUT2D eigenvalue weighted by Gasteiger charge is 2.19. The number of piperidine rings is 1. The third kappa shape index (κ3) is 4.19. The number of likely N-dealkylation sites (tertiary alicyclic amines) is 1. The number of hydrogen-bond donors (Lipinski definition) is 0. The highest BCUT2D eigenvalue weighted by molar-refractivity contribution is 7.82. The van der Waals surface area contributed by atoms with E-state index in [1.54, 1.807) is 0 Å². The molecule has 1 aromatic rings. The fourth-order valence-corrected chi connectivity index (χ4v) is 4.21.